The smallest absolute Gasteiger partial charge is 0.407 e. The topological polar surface area (TPSA) is 111 Å². The van der Waals surface area contributed by atoms with Crippen molar-refractivity contribution in [2.24, 2.45) is 10.8 Å². The number of allylic oxidation sites excluding steroid dienone is 1. The molecule has 0 saturated carbocycles. The maximum absolute atomic E-state index is 14.0. The lowest BCUT2D eigenvalue weighted by Crippen LogP contribution is -2.57. The molecule has 0 spiro atoms. The second-order valence-electron chi connectivity index (χ2n) is 12.6. The first kappa shape index (κ1) is 32.8. The summed E-state index contributed by atoms with van der Waals surface area (Å²) in [7, 11) is 0. The van der Waals surface area contributed by atoms with Crippen molar-refractivity contribution in [2.75, 3.05) is 19.8 Å². The first-order valence-electron chi connectivity index (χ1n) is 14.5. The summed E-state index contributed by atoms with van der Waals surface area (Å²) in [6, 6.07) is 2.08. The highest BCUT2D eigenvalue weighted by Gasteiger charge is 2.46. The molecule has 10 nitrogen and oxygen atoms in total. The van der Waals surface area contributed by atoms with Crippen LogP contribution in [-0.4, -0.2) is 70.2 Å². The monoisotopic (exact) mass is 582 g/mol. The predicted molar refractivity (Wildman–Crippen MR) is 162 cm³/mol. The Kier molecular flexibility index (Phi) is 11.0. The predicted octanol–water partition coefficient (Wildman–Crippen LogP) is 5.16. The van der Waals surface area contributed by atoms with Gasteiger partial charge in [0.2, 0.25) is 5.91 Å². The van der Waals surface area contributed by atoms with Gasteiger partial charge in [-0.05, 0) is 42.7 Å². The molecular formula is C32H46N4O6. The standard InChI is InChI=1S/C32H46N4O6/c1-9-12-15-32(7,8)21-42-30(39)34-26(31(4,5)6)28(37)36-19-24(17-25(36)29(38)40-11-3)41-20-23-18-35-16-13-14-22(10-2)27(35)33-23/h9-10,13-14,16,18,24-26H,1-2,11-12,15,17,19-21H2,3-8H3,(H,34,39)/t24-,25+,26-/m1/s1. The first-order chi connectivity index (χ1) is 19.8. The van der Waals surface area contributed by atoms with Crippen molar-refractivity contribution in [3.63, 3.8) is 0 Å². The van der Waals surface area contributed by atoms with Crippen molar-refractivity contribution < 1.29 is 28.6 Å². The van der Waals surface area contributed by atoms with Gasteiger partial charge < -0.3 is 28.8 Å². The Bertz CT molecular complexity index is 1280. The number of imidazole rings is 1. The zero-order chi connectivity index (χ0) is 31.1. The number of amides is 2. The largest absolute Gasteiger partial charge is 0.464 e. The van der Waals surface area contributed by atoms with Gasteiger partial charge in [-0.25, -0.2) is 14.6 Å². The number of alkyl carbamates (subject to hydrolysis) is 1. The molecule has 0 aromatic carbocycles. The molecule has 0 bridgehead atoms. The minimum Gasteiger partial charge on any atom is -0.464 e. The number of nitrogens with zero attached hydrogens (tertiary/aromatic N) is 3. The van der Waals surface area contributed by atoms with Crippen LogP contribution in [0.15, 0.2) is 43.8 Å². The van der Waals surface area contributed by atoms with Crippen molar-refractivity contribution in [2.45, 2.75) is 85.6 Å². The minimum absolute atomic E-state index is 0.172. The molecule has 1 saturated heterocycles. The molecule has 1 N–H and O–H groups in total. The number of hydrogen-bond donors (Lipinski definition) is 1. The van der Waals surface area contributed by atoms with Gasteiger partial charge >= 0.3 is 12.1 Å². The van der Waals surface area contributed by atoms with E-state index in [1.807, 2.05) is 69.6 Å². The van der Waals surface area contributed by atoms with Crippen molar-refractivity contribution in [3.05, 3.63) is 55.0 Å². The molecule has 2 amide bonds. The van der Waals surface area contributed by atoms with Crippen LogP contribution < -0.4 is 5.32 Å². The average molecular weight is 583 g/mol. The third-order valence-electron chi connectivity index (χ3n) is 7.35. The first-order valence-corrected chi connectivity index (χ1v) is 14.5. The van der Waals surface area contributed by atoms with Crippen LogP contribution in [0.5, 0.6) is 0 Å². The number of nitrogens with one attached hydrogen (secondary N) is 1. The van der Waals surface area contributed by atoms with Crippen LogP contribution in [0, 0.1) is 10.8 Å². The molecular weight excluding hydrogens is 536 g/mol. The summed E-state index contributed by atoms with van der Waals surface area (Å²) in [5.74, 6) is -0.891. The normalized spacial score (nSPS) is 18.0. The fourth-order valence-electron chi connectivity index (χ4n) is 4.94. The Balaban J connectivity index is 1.73. The van der Waals surface area contributed by atoms with Crippen molar-refractivity contribution in [3.8, 4) is 0 Å². The molecule has 3 atom stereocenters. The number of carbonyl (C=O) groups excluding carboxylic acids is 3. The summed E-state index contributed by atoms with van der Waals surface area (Å²) < 4.78 is 18.9. The van der Waals surface area contributed by atoms with Crippen LogP contribution >= 0.6 is 0 Å². The number of fused-ring (bicyclic) bond motifs is 1. The van der Waals surface area contributed by atoms with Crippen molar-refractivity contribution >= 4 is 29.7 Å². The minimum atomic E-state index is -0.937. The number of pyridine rings is 1. The lowest BCUT2D eigenvalue weighted by atomic mass is 9.85. The molecule has 230 valence electrons. The summed E-state index contributed by atoms with van der Waals surface area (Å²) in [4.78, 5) is 45.9. The van der Waals surface area contributed by atoms with E-state index < -0.39 is 41.6 Å². The Morgan fingerprint density at radius 3 is 2.57 bits per heavy atom. The summed E-state index contributed by atoms with van der Waals surface area (Å²) in [6.45, 7) is 19.7. The Morgan fingerprint density at radius 2 is 1.93 bits per heavy atom. The van der Waals surface area contributed by atoms with E-state index in [1.54, 1.807) is 13.0 Å². The maximum atomic E-state index is 14.0. The van der Waals surface area contributed by atoms with E-state index in [9.17, 15) is 14.4 Å². The SMILES string of the molecule is C=CCCC(C)(C)COC(=O)N[C@H](C(=O)N1C[C@H](OCc2cn3cccc(C=C)c3n2)C[C@H]1C(=O)OCC)C(C)(C)C. The maximum Gasteiger partial charge on any atom is 0.407 e. The van der Waals surface area contributed by atoms with E-state index in [-0.39, 0.29) is 38.2 Å². The Labute approximate surface area is 249 Å². The van der Waals surface area contributed by atoms with Gasteiger partial charge in [0, 0.05) is 30.9 Å². The third-order valence-corrected chi connectivity index (χ3v) is 7.35. The van der Waals surface area contributed by atoms with Gasteiger partial charge in [0.15, 0.2) is 0 Å². The number of ether oxygens (including phenoxy) is 3. The lowest BCUT2D eigenvalue weighted by molar-refractivity contribution is -0.154. The zero-order valence-electron chi connectivity index (χ0n) is 25.9. The highest BCUT2D eigenvalue weighted by atomic mass is 16.6. The summed E-state index contributed by atoms with van der Waals surface area (Å²) in [5, 5.41) is 2.77. The second kappa shape index (κ2) is 14.0. The number of hydrogen-bond acceptors (Lipinski definition) is 7. The third kappa shape index (κ3) is 8.44. The van der Waals surface area contributed by atoms with Gasteiger partial charge in [-0.2, -0.15) is 0 Å². The van der Waals surface area contributed by atoms with Crippen molar-refractivity contribution in [1.82, 2.24) is 19.6 Å². The Morgan fingerprint density at radius 1 is 1.19 bits per heavy atom. The van der Waals surface area contributed by atoms with E-state index in [1.165, 1.54) is 4.90 Å². The van der Waals surface area contributed by atoms with Crippen LogP contribution in [0.4, 0.5) is 4.79 Å². The van der Waals surface area contributed by atoms with Crippen LogP contribution in [0.3, 0.4) is 0 Å². The molecule has 0 unspecified atom stereocenters. The van der Waals surface area contributed by atoms with Gasteiger partial charge in [-0.1, -0.05) is 53.3 Å². The second-order valence-corrected chi connectivity index (χ2v) is 12.6. The van der Waals surface area contributed by atoms with Crippen LogP contribution in [0.2, 0.25) is 0 Å². The van der Waals surface area contributed by atoms with E-state index in [4.69, 9.17) is 14.2 Å². The molecule has 0 aliphatic carbocycles. The number of aromatic nitrogens is 2. The molecule has 1 aliphatic heterocycles. The van der Waals surface area contributed by atoms with E-state index >= 15 is 0 Å². The number of carbonyl (C=O) groups is 3. The van der Waals surface area contributed by atoms with Gasteiger partial charge in [0.1, 0.15) is 17.7 Å². The summed E-state index contributed by atoms with van der Waals surface area (Å²) in [6.07, 6.45) is 8.15. The van der Waals surface area contributed by atoms with E-state index in [0.717, 1.165) is 29.7 Å². The van der Waals surface area contributed by atoms with Gasteiger partial charge in [-0.15, -0.1) is 6.58 Å². The van der Waals surface area contributed by atoms with Gasteiger partial charge in [0.05, 0.1) is 31.6 Å². The highest BCUT2D eigenvalue weighted by Crippen LogP contribution is 2.29. The van der Waals surface area contributed by atoms with Crippen LogP contribution in [0.1, 0.15) is 72.1 Å². The van der Waals surface area contributed by atoms with Gasteiger partial charge in [0.25, 0.3) is 0 Å². The van der Waals surface area contributed by atoms with E-state index in [0.29, 0.717) is 0 Å². The fraction of sp³-hybridized carbons (Fsp3) is 0.562. The summed E-state index contributed by atoms with van der Waals surface area (Å²) >= 11 is 0. The molecule has 1 aliphatic rings. The molecule has 42 heavy (non-hydrogen) atoms. The number of likely N-dealkylation sites (tertiary alicyclic amines) is 1. The van der Waals surface area contributed by atoms with E-state index in [2.05, 4.69) is 23.5 Å². The quantitative estimate of drug-likeness (QED) is 0.257. The van der Waals surface area contributed by atoms with Gasteiger partial charge in [-0.3, -0.25) is 4.79 Å². The molecule has 10 heteroatoms. The number of esters is 1. The molecule has 3 heterocycles. The zero-order valence-corrected chi connectivity index (χ0v) is 25.9. The molecule has 2 aromatic heterocycles. The summed E-state index contributed by atoms with van der Waals surface area (Å²) in [5.41, 5.74) is 1.49. The molecule has 3 rings (SSSR count). The van der Waals surface area contributed by atoms with Crippen molar-refractivity contribution in [1.29, 1.82) is 0 Å². The highest BCUT2D eigenvalue weighted by molar-refractivity contribution is 5.91. The molecule has 1 fully saturated rings. The molecule has 0 radical (unpaired) electrons. The van der Waals surface area contributed by atoms with Crippen LogP contribution in [-0.2, 0) is 30.4 Å². The Hall–Kier alpha value is -3.66. The lowest BCUT2D eigenvalue weighted by Gasteiger charge is -2.35. The molecule has 2 aromatic rings. The average Bonchev–Trinajstić information content (AvgIpc) is 3.56. The fourth-order valence-corrected chi connectivity index (χ4v) is 4.94. The number of rotatable bonds is 13. The van der Waals surface area contributed by atoms with Crippen LogP contribution in [0.25, 0.3) is 11.7 Å².